The van der Waals surface area contributed by atoms with E-state index in [4.69, 9.17) is 4.74 Å². The van der Waals surface area contributed by atoms with Crippen LogP contribution in [-0.4, -0.2) is 42.7 Å². The molecule has 0 unspecified atom stereocenters. The minimum Gasteiger partial charge on any atom is -0.466 e. The number of thioether (sulfide) groups is 1. The molecule has 0 saturated carbocycles. The van der Waals surface area contributed by atoms with Gasteiger partial charge in [0.05, 0.1) is 19.1 Å². The third kappa shape index (κ3) is 18.2. The van der Waals surface area contributed by atoms with Crippen molar-refractivity contribution in [1.82, 2.24) is 0 Å². The zero-order chi connectivity index (χ0) is 19.8. The van der Waals surface area contributed by atoms with Gasteiger partial charge >= 0.3 is 5.97 Å². The maximum absolute atomic E-state index is 11.7. The zero-order valence-electron chi connectivity index (χ0n) is 17.1. The first-order chi connectivity index (χ1) is 12.2. The lowest BCUT2D eigenvalue weighted by molar-refractivity contribution is -0.144. The van der Waals surface area contributed by atoms with E-state index in [0.717, 1.165) is 24.6 Å². The molecule has 0 saturated heterocycles. The van der Waals surface area contributed by atoms with Gasteiger partial charge in [-0.05, 0) is 18.9 Å². The van der Waals surface area contributed by atoms with Crippen LogP contribution in [0.25, 0.3) is 0 Å². The summed E-state index contributed by atoms with van der Waals surface area (Å²) in [5.74, 6) is 0.366. The summed E-state index contributed by atoms with van der Waals surface area (Å²) in [7, 11) is -1.20. The Labute approximate surface area is 165 Å². The van der Waals surface area contributed by atoms with Crippen molar-refractivity contribution in [2.24, 2.45) is 0 Å². The Morgan fingerprint density at radius 2 is 1.85 bits per heavy atom. The largest absolute Gasteiger partial charge is 0.466 e. The summed E-state index contributed by atoms with van der Waals surface area (Å²) in [6.45, 7) is 9.32. The molecular formula is C20H38O4SSi. The van der Waals surface area contributed by atoms with Crippen LogP contribution < -0.4 is 0 Å². The summed E-state index contributed by atoms with van der Waals surface area (Å²) >= 11 is 1.36. The molecule has 26 heavy (non-hydrogen) atoms. The SMILES string of the molecule is CCCCCCCC(=O)SCCC=C[C@@H](O)CC(=O)OCC[Si](C)(C)C. The number of carbonyl (C=O) groups is 2. The molecule has 0 rings (SSSR count). The number of unbranched alkanes of at least 4 members (excludes halogenated alkanes) is 4. The van der Waals surface area contributed by atoms with Crippen molar-refractivity contribution in [2.75, 3.05) is 12.4 Å². The van der Waals surface area contributed by atoms with E-state index in [1.165, 1.54) is 31.0 Å². The summed E-state index contributed by atoms with van der Waals surface area (Å²) in [4.78, 5) is 23.4. The Morgan fingerprint density at radius 3 is 2.50 bits per heavy atom. The Morgan fingerprint density at radius 1 is 1.15 bits per heavy atom. The molecular weight excluding hydrogens is 364 g/mol. The highest BCUT2D eigenvalue weighted by molar-refractivity contribution is 8.13. The molecule has 4 nitrogen and oxygen atoms in total. The minimum atomic E-state index is -1.20. The first-order valence-electron chi connectivity index (χ1n) is 9.90. The van der Waals surface area contributed by atoms with Crippen LogP contribution in [-0.2, 0) is 14.3 Å². The number of hydrogen-bond donors (Lipinski definition) is 1. The average Bonchev–Trinajstić information content (AvgIpc) is 2.53. The Balaban J connectivity index is 3.68. The van der Waals surface area contributed by atoms with E-state index in [0.29, 0.717) is 19.4 Å². The summed E-state index contributed by atoms with van der Waals surface area (Å²) in [5, 5.41) is 10.1. The molecule has 0 radical (unpaired) electrons. The minimum absolute atomic E-state index is 0.00790. The molecule has 0 aliphatic heterocycles. The topological polar surface area (TPSA) is 63.6 Å². The first-order valence-corrected chi connectivity index (χ1v) is 14.6. The van der Waals surface area contributed by atoms with Crippen LogP contribution in [0.2, 0.25) is 25.7 Å². The number of esters is 1. The van der Waals surface area contributed by atoms with Gasteiger partial charge in [-0.2, -0.15) is 0 Å². The van der Waals surface area contributed by atoms with Gasteiger partial charge in [-0.25, -0.2) is 0 Å². The van der Waals surface area contributed by atoms with Gasteiger partial charge in [0.15, 0.2) is 5.12 Å². The maximum atomic E-state index is 11.7. The van der Waals surface area contributed by atoms with Crippen molar-refractivity contribution in [3.05, 3.63) is 12.2 Å². The Bertz CT molecular complexity index is 419. The second kappa shape index (κ2) is 15.5. The van der Waals surface area contributed by atoms with Gasteiger partial charge in [0.1, 0.15) is 0 Å². The fourth-order valence-electron chi connectivity index (χ4n) is 2.21. The van der Waals surface area contributed by atoms with E-state index in [1.807, 2.05) is 6.08 Å². The van der Waals surface area contributed by atoms with Crippen LogP contribution in [0, 0.1) is 0 Å². The van der Waals surface area contributed by atoms with Crippen molar-refractivity contribution in [1.29, 1.82) is 0 Å². The van der Waals surface area contributed by atoms with E-state index in [1.54, 1.807) is 6.08 Å². The van der Waals surface area contributed by atoms with Crippen LogP contribution in [0.15, 0.2) is 12.2 Å². The normalized spacial score (nSPS) is 13.1. The van der Waals surface area contributed by atoms with E-state index >= 15 is 0 Å². The molecule has 1 atom stereocenters. The zero-order valence-corrected chi connectivity index (χ0v) is 18.9. The van der Waals surface area contributed by atoms with E-state index in [-0.39, 0.29) is 17.5 Å². The van der Waals surface area contributed by atoms with Gasteiger partial charge in [0.25, 0.3) is 0 Å². The number of carbonyl (C=O) groups excluding carboxylic acids is 2. The van der Waals surface area contributed by atoms with E-state index in [9.17, 15) is 14.7 Å². The fraction of sp³-hybridized carbons (Fsp3) is 0.800. The van der Waals surface area contributed by atoms with Crippen molar-refractivity contribution in [2.45, 2.75) is 90.1 Å². The lowest BCUT2D eigenvalue weighted by Gasteiger charge is -2.15. The monoisotopic (exact) mass is 402 g/mol. The van der Waals surface area contributed by atoms with Crippen molar-refractivity contribution >= 4 is 30.9 Å². The highest BCUT2D eigenvalue weighted by Gasteiger charge is 2.15. The number of aliphatic hydroxyl groups is 1. The van der Waals surface area contributed by atoms with Gasteiger partial charge in [-0.1, -0.05) is 76.2 Å². The van der Waals surface area contributed by atoms with Crippen molar-refractivity contribution < 1.29 is 19.4 Å². The predicted octanol–water partition coefficient (Wildman–Crippen LogP) is 5.19. The van der Waals surface area contributed by atoms with E-state index in [2.05, 4.69) is 26.6 Å². The predicted molar refractivity (Wildman–Crippen MR) is 114 cm³/mol. The molecule has 0 aliphatic rings. The molecule has 0 aliphatic carbocycles. The Kier molecular flexibility index (Phi) is 15.1. The van der Waals surface area contributed by atoms with Gasteiger partial charge in [0, 0.05) is 20.2 Å². The van der Waals surface area contributed by atoms with E-state index < -0.39 is 14.2 Å². The molecule has 0 fully saturated rings. The molecule has 0 aromatic carbocycles. The molecule has 152 valence electrons. The summed E-state index contributed by atoms with van der Waals surface area (Å²) in [6.07, 6.45) is 9.82. The molecule has 1 N–H and O–H groups in total. The molecule has 0 heterocycles. The number of aliphatic hydroxyl groups excluding tert-OH is 1. The summed E-state index contributed by atoms with van der Waals surface area (Å²) < 4.78 is 5.16. The fourth-order valence-corrected chi connectivity index (χ4v) is 3.69. The number of ether oxygens (including phenoxy) is 1. The average molecular weight is 403 g/mol. The molecule has 0 aromatic heterocycles. The second-order valence-corrected chi connectivity index (χ2v) is 14.7. The molecule has 0 bridgehead atoms. The van der Waals surface area contributed by atoms with Crippen LogP contribution >= 0.6 is 11.8 Å². The second-order valence-electron chi connectivity index (χ2n) is 7.90. The quantitative estimate of drug-likeness (QED) is 0.177. The van der Waals surface area contributed by atoms with Gasteiger partial charge in [-0.3, -0.25) is 9.59 Å². The van der Waals surface area contributed by atoms with Crippen molar-refractivity contribution in [3.63, 3.8) is 0 Å². The standard InChI is InChI=1S/C20H38O4SSi/c1-5-6-7-8-9-13-20(23)25-15-11-10-12-18(21)17-19(22)24-14-16-26(2,3)4/h10,12,18,21H,5-9,11,13-17H2,1-4H3/t18-/m1/s1. The van der Waals surface area contributed by atoms with Crippen LogP contribution in [0.3, 0.4) is 0 Å². The lowest BCUT2D eigenvalue weighted by Crippen LogP contribution is -2.23. The highest BCUT2D eigenvalue weighted by Crippen LogP contribution is 2.13. The lowest BCUT2D eigenvalue weighted by atomic mass is 10.1. The van der Waals surface area contributed by atoms with Gasteiger partial charge in [-0.15, -0.1) is 0 Å². The smallest absolute Gasteiger partial charge is 0.308 e. The van der Waals surface area contributed by atoms with Crippen LogP contribution in [0.5, 0.6) is 0 Å². The van der Waals surface area contributed by atoms with Crippen LogP contribution in [0.4, 0.5) is 0 Å². The first kappa shape index (κ1) is 25.4. The Hall–Kier alpha value is -0.593. The molecule has 0 aromatic rings. The highest BCUT2D eigenvalue weighted by atomic mass is 32.2. The summed E-state index contributed by atoms with van der Waals surface area (Å²) in [6, 6.07) is 0.939. The van der Waals surface area contributed by atoms with Crippen molar-refractivity contribution in [3.8, 4) is 0 Å². The summed E-state index contributed by atoms with van der Waals surface area (Å²) in [5.41, 5.74) is 0. The van der Waals surface area contributed by atoms with Crippen LogP contribution in [0.1, 0.15) is 58.3 Å². The third-order valence-electron chi connectivity index (χ3n) is 3.88. The van der Waals surface area contributed by atoms with Gasteiger partial charge in [0.2, 0.25) is 0 Å². The maximum Gasteiger partial charge on any atom is 0.308 e. The third-order valence-corrected chi connectivity index (χ3v) is 6.55. The number of allylic oxidation sites excluding steroid dienone is 1. The number of rotatable bonds is 15. The molecule has 0 amide bonds. The molecule has 0 spiro atoms. The molecule has 6 heteroatoms. The number of hydrogen-bond acceptors (Lipinski definition) is 5. The van der Waals surface area contributed by atoms with Gasteiger partial charge < -0.3 is 9.84 Å².